The maximum Gasteiger partial charge on any atom is 0.221 e. The van der Waals surface area contributed by atoms with Crippen molar-refractivity contribution < 1.29 is 4.79 Å². The van der Waals surface area contributed by atoms with Crippen LogP contribution >= 0.6 is 0 Å². The Hall–Kier alpha value is -0.610. The first-order valence-corrected chi connectivity index (χ1v) is 5.49. The second kappa shape index (κ2) is 4.28. The van der Waals surface area contributed by atoms with E-state index in [4.69, 9.17) is 0 Å². The Labute approximate surface area is 84.8 Å². The van der Waals surface area contributed by atoms with Crippen LogP contribution in [0.25, 0.3) is 0 Å². The quantitative estimate of drug-likeness (QED) is 0.570. The summed E-state index contributed by atoms with van der Waals surface area (Å²) in [4.78, 5) is 11.0. The van der Waals surface area contributed by atoms with Crippen LogP contribution in [0.15, 0.2) is 0 Å². The third kappa shape index (κ3) is 2.25. The van der Waals surface area contributed by atoms with E-state index in [1.54, 1.807) is 0 Å². The molecule has 2 aliphatic heterocycles. The van der Waals surface area contributed by atoms with E-state index in [0.717, 1.165) is 25.6 Å². The molecule has 2 saturated heterocycles. The summed E-state index contributed by atoms with van der Waals surface area (Å²) in [5, 5.41) is 9.74. The average Bonchev–Trinajstić information content (AvgIpc) is 2.75. The summed E-state index contributed by atoms with van der Waals surface area (Å²) in [5.74, 6) is 0.907. The number of amides is 1. The Morgan fingerprint density at radius 2 is 2.36 bits per heavy atom. The molecule has 3 atom stereocenters. The van der Waals surface area contributed by atoms with Gasteiger partial charge in [0.1, 0.15) is 0 Å². The smallest absolute Gasteiger partial charge is 0.221 e. The standard InChI is InChI=1S/C10H19N3O/c1-7(8-2-3-11-5-8)13-9-4-10(14)12-6-9/h7-9,11,13H,2-6H2,1H3,(H,12,14). The second-order valence-corrected chi connectivity index (χ2v) is 4.41. The molecule has 0 radical (unpaired) electrons. The van der Waals surface area contributed by atoms with Crippen LogP contribution in [0.1, 0.15) is 19.8 Å². The average molecular weight is 197 g/mol. The van der Waals surface area contributed by atoms with Gasteiger partial charge < -0.3 is 16.0 Å². The number of hydrogen-bond acceptors (Lipinski definition) is 3. The Bertz CT molecular complexity index is 213. The van der Waals surface area contributed by atoms with E-state index in [2.05, 4.69) is 22.9 Å². The second-order valence-electron chi connectivity index (χ2n) is 4.41. The lowest BCUT2D eigenvalue weighted by Gasteiger charge is -2.23. The first-order valence-electron chi connectivity index (χ1n) is 5.49. The Kier molecular flexibility index (Phi) is 3.03. The van der Waals surface area contributed by atoms with E-state index in [0.29, 0.717) is 18.5 Å². The van der Waals surface area contributed by atoms with Crippen molar-refractivity contribution in [3.63, 3.8) is 0 Å². The van der Waals surface area contributed by atoms with Crippen LogP contribution in [0.4, 0.5) is 0 Å². The number of rotatable bonds is 3. The molecule has 0 saturated carbocycles. The molecule has 3 unspecified atom stereocenters. The summed E-state index contributed by atoms with van der Waals surface area (Å²) >= 11 is 0. The summed E-state index contributed by atoms with van der Waals surface area (Å²) in [6.45, 7) is 5.27. The normalized spacial score (nSPS) is 34.5. The number of nitrogens with one attached hydrogen (secondary N) is 3. The molecule has 4 heteroatoms. The third-order valence-corrected chi connectivity index (χ3v) is 3.28. The molecule has 2 aliphatic rings. The zero-order valence-electron chi connectivity index (χ0n) is 8.68. The van der Waals surface area contributed by atoms with Crippen molar-refractivity contribution in [3.8, 4) is 0 Å². The number of carbonyl (C=O) groups is 1. The molecular weight excluding hydrogens is 178 g/mol. The lowest BCUT2D eigenvalue weighted by Crippen LogP contribution is -2.42. The van der Waals surface area contributed by atoms with Crippen LogP contribution in [0, 0.1) is 5.92 Å². The molecule has 3 N–H and O–H groups in total. The zero-order chi connectivity index (χ0) is 9.97. The van der Waals surface area contributed by atoms with Gasteiger partial charge in [0.2, 0.25) is 5.91 Å². The minimum atomic E-state index is 0.180. The van der Waals surface area contributed by atoms with Gasteiger partial charge >= 0.3 is 0 Å². The monoisotopic (exact) mass is 197 g/mol. The highest BCUT2D eigenvalue weighted by atomic mass is 16.1. The van der Waals surface area contributed by atoms with E-state index in [9.17, 15) is 4.79 Å². The van der Waals surface area contributed by atoms with Crippen molar-refractivity contribution in [1.82, 2.24) is 16.0 Å². The molecule has 14 heavy (non-hydrogen) atoms. The maximum atomic E-state index is 11.0. The van der Waals surface area contributed by atoms with Gasteiger partial charge in [0.25, 0.3) is 0 Å². The predicted molar refractivity (Wildman–Crippen MR) is 55.0 cm³/mol. The molecule has 80 valence electrons. The molecule has 2 fully saturated rings. The van der Waals surface area contributed by atoms with Crippen molar-refractivity contribution >= 4 is 5.91 Å². The Balaban J connectivity index is 1.76. The SMILES string of the molecule is CC(NC1CNC(=O)C1)C1CCNC1. The fourth-order valence-corrected chi connectivity index (χ4v) is 2.33. The largest absolute Gasteiger partial charge is 0.354 e. The molecule has 0 spiro atoms. The highest BCUT2D eigenvalue weighted by molar-refractivity contribution is 5.78. The minimum Gasteiger partial charge on any atom is -0.354 e. The number of hydrogen-bond donors (Lipinski definition) is 3. The summed E-state index contributed by atoms with van der Waals surface area (Å²) < 4.78 is 0. The van der Waals surface area contributed by atoms with Crippen molar-refractivity contribution in [1.29, 1.82) is 0 Å². The maximum absolute atomic E-state index is 11.0. The molecule has 0 bridgehead atoms. The molecule has 1 amide bonds. The Morgan fingerprint density at radius 1 is 1.50 bits per heavy atom. The molecule has 0 aromatic heterocycles. The van der Waals surface area contributed by atoms with Gasteiger partial charge in [0, 0.05) is 25.0 Å². The van der Waals surface area contributed by atoms with Crippen LogP contribution in [0.5, 0.6) is 0 Å². The fraction of sp³-hybridized carbons (Fsp3) is 0.900. The molecule has 0 aromatic carbocycles. The first kappa shape index (κ1) is 9.93. The van der Waals surface area contributed by atoms with Gasteiger partial charge in [-0.2, -0.15) is 0 Å². The van der Waals surface area contributed by atoms with Gasteiger partial charge in [-0.3, -0.25) is 4.79 Å². The van der Waals surface area contributed by atoms with Gasteiger partial charge in [-0.1, -0.05) is 0 Å². The molecule has 0 aliphatic carbocycles. The summed E-state index contributed by atoms with van der Waals surface area (Å²) in [6.07, 6.45) is 1.90. The summed E-state index contributed by atoms with van der Waals surface area (Å²) in [6, 6.07) is 0.862. The van der Waals surface area contributed by atoms with Gasteiger partial charge in [0.15, 0.2) is 0 Å². The van der Waals surface area contributed by atoms with Crippen LogP contribution < -0.4 is 16.0 Å². The Morgan fingerprint density at radius 3 is 2.93 bits per heavy atom. The van der Waals surface area contributed by atoms with Crippen LogP contribution in [0.3, 0.4) is 0 Å². The summed E-state index contributed by atoms with van der Waals surface area (Å²) in [7, 11) is 0. The van der Waals surface area contributed by atoms with E-state index < -0.39 is 0 Å². The van der Waals surface area contributed by atoms with Gasteiger partial charge in [-0.25, -0.2) is 0 Å². The van der Waals surface area contributed by atoms with E-state index in [-0.39, 0.29) is 5.91 Å². The molecular formula is C10H19N3O. The van der Waals surface area contributed by atoms with Crippen LogP contribution in [0.2, 0.25) is 0 Å². The van der Waals surface area contributed by atoms with Crippen LogP contribution in [-0.2, 0) is 4.79 Å². The van der Waals surface area contributed by atoms with E-state index >= 15 is 0 Å². The lowest BCUT2D eigenvalue weighted by molar-refractivity contribution is -0.119. The number of carbonyl (C=O) groups excluding carboxylic acids is 1. The van der Waals surface area contributed by atoms with E-state index in [1.165, 1.54) is 6.42 Å². The molecule has 2 rings (SSSR count). The molecule has 4 nitrogen and oxygen atoms in total. The summed E-state index contributed by atoms with van der Waals surface area (Å²) in [5.41, 5.74) is 0. The van der Waals surface area contributed by atoms with Crippen LogP contribution in [-0.4, -0.2) is 37.6 Å². The topological polar surface area (TPSA) is 53.2 Å². The van der Waals surface area contributed by atoms with Gasteiger partial charge in [0.05, 0.1) is 0 Å². The van der Waals surface area contributed by atoms with Gasteiger partial charge in [-0.05, 0) is 32.4 Å². The highest BCUT2D eigenvalue weighted by Crippen LogP contribution is 2.14. The van der Waals surface area contributed by atoms with E-state index in [1.807, 2.05) is 0 Å². The zero-order valence-corrected chi connectivity index (χ0v) is 8.68. The van der Waals surface area contributed by atoms with Crippen molar-refractivity contribution in [2.45, 2.75) is 31.8 Å². The predicted octanol–water partition coefficient (Wildman–Crippen LogP) is -0.537. The highest BCUT2D eigenvalue weighted by Gasteiger charge is 2.27. The molecule has 2 heterocycles. The minimum absolute atomic E-state index is 0.180. The fourth-order valence-electron chi connectivity index (χ4n) is 2.33. The van der Waals surface area contributed by atoms with Crippen molar-refractivity contribution in [2.24, 2.45) is 5.92 Å². The first-order chi connectivity index (χ1) is 6.75. The lowest BCUT2D eigenvalue weighted by atomic mass is 9.99. The van der Waals surface area contributed by atoms with Gasteiger partial charge in [-0.15, -0.1) is 0 Å². The van der Waals surface area contributed by atoms with Crippen molar-refractivity contribution in [2.75, 3.05) is 19.6 Å². The molecule has 0 aromatic rings. The van der Waals surface area contributed by atoms with Crippen molar-refractivity contribution in [3.05, 3.63) is 0 Å². The third-order valence-electron chi connectivity index (χ3n) is 3.28.